The molecule has 0 aliphatic carbocycles. The van der Waals surface area contributed by atoms with E-state index in [4.69, 9.17) is 10.00 Å². The number of likely N-dealkylation sites (tertiary alicyclic amines) is 1. The molecule has 0 unspecified atom stereocenters. The summed E-state index contributed by atoms with van der Waals surface area (Å²) in [5.41, 5.74) is 6.26. The number of aryl methyl sites for hydroxylation is 1. The van der Waals surface area contributed by atoms with Gasteiger partial charge in [0.2, 0.25) is 0 Å². The molecule has 0 radical (unpaired) electrons. The standard InChI is InChI=1S/C30H33N3O/c31-20-24-8-10-26(11-9-24)21-32-17-14-29(15-18-32)34-30-13-12-27-7-4-16-33(23-28(27)19-30)22-25-5-2-1-3-6-25/h1-3,5-6,8-13,19,29H,4,7,14-18,21-23H2. The number of piperidine rings is 1. The van der Waals surface area contributed by atoms with Crippen LogP contribution in [-0.2, 0) is 26.1 Å². The molecule has 5 rings (SSSR count). The maximum atomic E-state index is 8.98. The summed E-state index contributed by atoms with van der Waals surface area (Å²) in [5.74, 6) is 1.02. The van der Waals surface area contributed by atoms with Crippen LogP contribution >= 0.6 is 0 Å². The van der Waals surface area contributed by atoms with Gasteiger partial charge in [-0.15, -0.1) is 0 Å². The lowest BCUT2D eigenvalue weighted by Crippen LogP contribution is -2.37. The Kier molecular flexibility index (Phi) is 7.24. The zero-order chi connectivity index (χ0) is 23.2. The van der Waals surface area contributed by atoms with Crippen molar-refractivity contribution in [3.8, 4) is 11.8 Å². The van der Waals surface area contributed by atoms with Gasteiger partial charge in [-0.3, -0.25) is 9.80 Å². The fourth-order valence-corrected chi connectivity index (χ4v) is 5.18. The first-order valence-corrected chi connectivity index (χ1v) is 12.5. The Labute approximate surface area is 203 Å². The van der Waals surface area contributed by atoms with Gasteiger partial charge in [0, 0.05) is 32.7 Å². The molecule has 0 aromatic heterocycles. The third kappa shape index (κ3) is 5.86. The minimum atomic E-state index is 0.279. The van der Waals surface area contributed by atoms with Gasteiger partial charge in [-0.1, -0.05) is 48.5 Å². The SMILES string of the molecule is N#Cc1ccc(CN2CCC(Oc3ccc4c(c3)CN(Cc3ccccc3)CCC4)CC2)cc1. The average molecular weight is 452 g/mol. The number of nitriles is 1. The van der Waals surface area contributed by atoms with Crippen LogP contribution in [0, 0.1) is 11.3 Å². The summed E-state index contributed by atoms with van der Waals surface area (Å²) < 4.78 is 6.46. The molecule has 0 N–H and O–H groups in total. The number of fused-ring (bicyclic) bond motifs is 1. The highest BCUT2D eigenvalue weighted by Crippen LogP contribution is 2.27. The summed E-state index contributed by atoms with van der Waals surface area (Å²) in [4.78, 5) is 5.05. The molecule has 4 nitrogen and oxygen atoms in total. The van der Waals surface area contributed by atoms with Crippen LogP contribution in [0.1, 0.15) is 47.1 Å². The first-order chi connectivity index (χ1) is 16.7. The van der Waals surface area contributed by atoms with Crippen molar-refractivity contribution in [2.75, 3.05) is 19.6 Å². The minimum Gasteiger partial charge on any atom is -0.490 e. The van der Waals surface area contributed by atoms with Crippen LogP contribution in [0.5, 0.6) is 5.75 Å². The van der Waals surface area contributed by atoms with Gasteiger partial charge < -0.3 is 4.74 Å². The molecule has 3 aromatic rings. The van der Waals surface area contributed by atoms with Crippen LogP contribution in [0.2, 0.25) is 0 Å². The molecule has 34 heavy (non-hydrogen) atoms. The zero-order valence-corrected chi connectivity index (χ0v) is 19.8. The van der Waals surface area contributed by atoms with E-state index in [1.54, 1.807) is 0 Å². The van der Waals surface area contributed by atoms with Crippen molar-refractivity contribution < 1.29 is 4.74 Å². The molecule has 0 atom stereocenters. The minimum absolute atomic E-state index is 0.279. The van der Waals surface area contributed by atoms with Gasteiger partial charge in [0.1, 0.15) is 11.9 Å². The van der Waals surface area contributed by atoms with Gasteiger partial charge in [0.15, 0.2) is 0 Å². The number of hydrogen-bond acceptors (Lipinski definition) is 4. The molecule has 2 heterocycles. The Hall–Kier alpha value is -3.13. The molecule has 0 saturated carbocycles. The van der Waals surface area contributed by atoms with Crippen molar-refractivity contribution >= 4 is 0 Å². The van der Waals surface area contributed by atoms with E-state index in [2.05, 4.69) is 76.5 Å². The van der Waals surface area contributed by atoms with Crippen molar-refractivity contribution in [3.05, 3.63) is 101 Å². The van der Waals surface area contributed by atoms with Crippen LogP contribution in [0.15, 0.2) is 72.8 Å². The van der Waals surface area contributed by atoms with E-state index >= 15 is 0 Å². The van der Waals surface area contributed by atoms with Crippen molar-refractivity contribution in [2.45, 2.75) is 51.4 Å². The largest absolute Gasteiger partial charge is 0.490 e. The third-order valence-corrected chi connectivity index (χ3v) is 7.07. The van der Waals surface area contributed by atoms with Crippen LogP contribution in [0.3, 0.4) is 0 Å². The summed E-state index contributed by atoms with van der Waals surface area (Å²) in [7, 11) is 0. The molecular formula is C30H33N3O. The second kappa shape index (κ2) is 10.9. The van der Waals surface area contributed by atoms with E-state index in [9.17, 15) is 0 Å². The summed E-state index contributed by atoms with van der Waals surface area (Å²) >= 11 is 0. The van der Waals surface area contributed by atoms with E-state index in [1.807, 2.05) is 12.1 Å². The molecule has 2 aliphatic rings. The average Bonchev–Trinajstić information content (AvgIpc) is 3.07. The second-order valence-electron chi connectivity index (χ2n) is 9.63. The van der Waals surface area contributed by atoms with E-state index in [1.165, 1.54) is 28.7 Å². The molecule has 3 aromatic carbocycles. The van der Waals surface area contributed by atoms with Gasteiger partial charge in [0.05, 0.1) is 11.6 Å². The Morgan fingerprint density at radius 1 is 0.794 bits per heavy atom. The van der Waals surface area contributed by atoms with Gasteiger partial charge in [-0.05, 0) is 78.7 Å². The highest BCUT2D eigenvalue weighted by molar-refractivity contribution is 5.37. The molecular weight excluding hydrogens is 418 g/mol. The predicted octanol–water partition coefficient (Wildman–Crippen LogP) is 5.55. The first kappa shape index (κ1) is 22.7. The van der Waals surface area contributed by atoms with Crippen LogP contribution in [0.25, 0.3) is 0 Å². The van der Waals surface area contributed by atoms with E-state index < -0.39 is 0 Å². The first-order valence-electron chi connectivity index (χ1n) is 12.5. The number of nitrogens with zero attached hydrogens (tertiary/aromatic N) is 3. The molecule has 2 aliphatic heterocycles. The monoisotopic (exact) mass is 451 g/mol. The molecule has 1 saturated heterocycles. The van der Waals surface area contributed by atoms with Gasteiger partial charge in [-0.25, -0.2) is 0 Å². The number of rotatable bonds is 6. The summed E-state index contributed by atoms with van der Waals surface area (Å²) in [6.07, 6.45) is 4.73. The molecule has 1 fully saturated rings. The normalized spacial score (nSPS) is 17.5. The quantitative estimate of drug-likeness (QED) is 0.493. The van der Waals surface area contributed by atoms with Crippen molar-refractivity contribution in [2.24, 2.45) is 0 Å². The Balaban J connectivity index is 1.15. The second-order valence-corrected chi connectivity index (χ2v) is 9.63. The van der Waals surface area contributed by atoms with Gasteiger partial charge >= 0.3 is 0 Å². The van der Waals surface area contributed by atoms with E-state index in [0.29, 0.717) is 0 Å². The van der Waals surface area contributed by atoms with Gasteiger partial charge in [-0.2, -0.15) is 5.26 Å². The number of hydrogen-bond donors (Lipinski definition) is 0. The van der Waals surface area contributed by atoms with Crippen LogP contribution < -0.4 is 4.74 Å². The zero-order valence-electron chi connectivity index (χ0n) is 19.8. The van der Waals surface area contributed by atoms with Crippen LogP contribution in [0.4, 0.5) is 0 Å². The van der Waals surface area contributed by atoms with Crippen molar-refractivity contribution in [1.29, 1.82) is 5.26 Å². The van der Waals surface area contributed by atoms with Crippen molar-refractivity contribution in [1.82, 2.24) is 9.80 Å². The fraction of sp³-hybridized carbons (Fsp3) is 0.367. The summed E-state index contributed by atoms with van der Waals surface area (Å²) in [6.45, 7) is 6.15. The van der Waals surface area contributed by atoms with E-state index in [-0.39, 0.29) is 6.10 Å². The van der Waals surface area contributed by atoms with E-state index in [0.717, 1.165) is 69.8 Å². The van der Waals surface area contributed by atoms with Gasteiger partial charge in [0.25, 0.3) is 0 Å². The molecule has 174 valence electrons. The lowest BCUT2D eigenvalue weighted by Gasteiger charge is -2.32. The molecule has 0 amide bonds. The number of ether oxygens (including phenoxy) is 1. The molecule has 4 heteroatoms. The van der Waals surface area contributed by atoms with Crippen LogP contribution in [-0.4, -0.2) is 35.5 Å². The molecule has 0 spiro atoms. The third-order valence-electron chi connectivity index (χ3n) is 7.07. The topological polar surface area (TPSA) is 39.5 Å². The maximum absolute atomic E-state index is 8.98. The number of benzene rings is 3. The Morgan fingerprint density at radius 2 is 1.53 bits per heavy atom. The lowest BCUT2D eigenvalue weighted by molar-refractivity contribution is 0.0967. The summed E-state index contributed by atoms with van der Waals surface area (Å²) in [5, 5.41) is 8.98. The highest BCUT2D eigenvalue weighted by atomic mass is 16.5. The Bertz CT molecular complexity index is 1110. The fourth-order valence-electron chi connectivity index (χ4n) is 5.18. The summed E-state index contributed by atoms with van der Waals surface area (Å²) in [6, 6.07) is 27.7. The van der Waals surface area contributed by atoms with Crippen molar-refractivity contribution in [3.63, 3.8) is 0 Å². The molecule has 0 bridgehead atoms. The Morgan fingerprint density at radius 3 is 2.29 bits per heavy atom. The smallest absolute Gasteiger partial charge is 0.120 e. The maximum Gasteiger partial charge on any atom is 0.120 e. The highest BCUT2D eigenvalue weighted by Gasteiger charge is 2.22. The lowest BCUT2D eigenvalue weighted by atomic mass is 10.0. The predicted molar refractivity (Wildman–Crippen MR) is 135 cm³/mol.